The van der Waals surface area contributed by atoms with Crippen LogP contribution in [-0.4, -0.2) is 90.3 Å². The molecule has 1 saturated carbocycles. The Kier molecular flexibility index (Phi) is 8.90. The minimum absolute atomic E-state index is 0.00189. The van der Waals surface area contributed by atoms with Gasteiger partial charge in [0.1, 0.15) is 11.8 Å². The molecule has 1 aromatic carbocycles. The summed E-state index contributed by atoms with van der Waals surface area (Å²) in [6.45, 7) is 9.56. The second-order valence-corrected chi connectivity index (χ2v) is 9.96. The fourth-order valence-corrected chi connectivity index (χ4v) is 3.84. The Labute approximate surface area is 201 Å². The number of carbonyl (C=O) groups excluding carboxylic acids is 2. The minimum atomic E-state index is -1.24. The third kappa shape index (κ3) is 8.29. The molecule has 1 heterocycles. The lowest BCUT2D eigenvalue weighted by Gasteiger charge is -2.36. The van der Waals surface area contributed by atoms with Crippen molar-refractivity contribution < 1.29 is 29.0 Å². The fourth-order valence-electron chi connectivity index (χ4n) is 3.84. The third-order valence-electron chi connectivity index (χ3n) is 5.94. The molecule has 0 spiro atoms. The molecule has 1 atom stereocenters. The summed E-state index contributed by atoms with van der Waals surface area (Å²) < 4.78 is 11.5. The highest BCUT2D eigenvalue weighted by Gasteiger charge is 2.31. The Morgan fingerprint density at radius 1 is 1.09 bits per heavy atom. The number of ether oxygens (including phenoxy) is 2. The molecule has 1 aliphatic heterocycles. The lowest BCUT2D eigenvalue weighted by molar-refractivity contribution is -0.138. The molecule has 1 aromatic rings. The molecule has 9 heteroatoms. The van der Waals surface area contributed by atoms with Crippen molar-refractivity contribution in [2.75, 3.05) is 45.9 Å². The van der Waals surface area contributed by atoms with Crippen molar-refractivity contribution in [1.82, 2.24) is 15.1 Å². The summed E-state index contributed by atoms with van der Waals surface area (Å²) in [6, 6.07) is 6.47. The second-order valence-electron chi connectivity index (χ2n) is 9.96. The van der Waals surface area contributed by atoms with E-state index in [0.29, 0.717) is 19.7 Å². The van der Waals surface area contributed by atoms with Crippen molar-refractivity contribution in [3.63, 3.8) is 0 Å². The lowest BCUT2D eigenvalue weighted by Crippen LogP contribution is -2.56. The van der Waals surface area contributed by atoms with Crippen LogP contribution in [0, 0.1) is 5.92 Å². The molecule has 34 heavy (non-hydrogen) atoms. The number of benzene rings is 1. The van der Waals surface area contributed by atoms with Crippen LogP contribution in [-0.2, 0) is 9.53 Å². The van der Waals surface area contributed by atoms with Crippen LogP contribution in [0.1, 0.15) is 50.4 Å². The zero-order valence-electron chi connectivity index (χ0n) is 20.4. The van der Waals surface area contributed by atoms with Crippen molar-refractivity contribution >= 4 is 17.8 Å². The molecule has 1 aliphatic carbocycles. The number of Topliss-reactive ketones (excluding diaryl/α,β-unsaturated/α-hetero) is 1. The second kappa shape index (κ2) is 11.7. The first-order valence-electron chi connectivity index (χ1n) is 12.0. The smallest absolute Gasteiger partial charge is 0.405 e. The summed E-state index contributed by atoms with van der Waals surface area (Å²) in [5.74, 6) is 0.963. The third-order valence-corrected chi connectivity index (χ3v) is 5.94. The molecule has 0 unspecified atom stereocenters. The van der Waals surface area contributed by atoms with Gasteiger partial charge in [-0.05, 0) is 64.3 Å². The van der Waals surface area contributed by atoms with Gasteiger partial charge in [0.25, 0.3) is 0 Å². The first kappa shape index (κ1) is 26.0. The zero-order chi connectivity index (χ0) is 24.7. The van der Waals surface area contributed by atoms with E-state index in [0.717, 1.165) is 50.2 Å². The molecule has 0 aromatic heterocycles. The van der Waals surface area contributed by atoms with Crippen LogP contribution in [0.2, 0.25) is 0 Å². The first-order valence-corrected chi connectivity index (χ1v) is 12.0. The van der Waals surface area contributed by atoms with E-state index in [4.69, 9.17) is 14.6 Å². The van der Waals surface area contributed by atoms with Crippen molar-refractivity contribution in [3.8, 4) is 5.75 Å². The molecule has 3 rings (SSSR count). The van der Waals surface area contributed by atoms with E-state index >= 15 is 0 Å². The number of amides is 2. The highest BCUT2D eigenvalue weighted by Crippen LogP contribution is 2.32. The van der Waals surface area contributed by atoms with E-state index in [1.807, 2.05) is 45.0 Å². The SMILES string of the molecule is CC(C)(C)OC[C@@H](NC(=O)O)C(=O)N1CCN(CCCOc2ccc(C(=O)C3CC3)cc2)CC1. The quantitative estimate of drug-likeness (QED) is 0.374. The van der Waals surface area contributed by atoms with Gasteiger partial charge >= 0.3 is 6.09 Å². The highest BCUT2D eigenvalue weighted by atomic mass is 16.5. The molecule has 1 saturated heterocycles. The van der Waals surface area contributed by atoms with Gasteiger partial charge in [0, 0.05) is 44.2 Å². The van der Waals surface area contributed by atoms with E-state index in [1.54, 1.807) is 4.90 Å². The van der Waals surface area contributed by atoms with Crippen molar-refractivity contribution in [1.29, 1.82) is 0 Å². The van der Waals surface area contributed by atoms with E-state index < -0.39 is 17.7 Å². The molecular weight excluding hydrogens is 438 g/mol. The maximum Gasteiger partial charge on any atom is 0.405 e. The maximum atomic E-state index is 12.8. The van der Waals surface area contributed by atoms with Crippen LogP contribution >= 0.6 is 0 Å². The number of hydrogen-bond donors (Lipinski definition) is 2. The summed E-state index contributed by atoms with van der Waals surface area (Å²) >= 11 is 0. The van der Waals surface area contributed by atoms with Gasteiger partial charge in [0.2, 0.25) is 5.91 Å². The minimum Gasteiger partial charge on any atom is -0.494 e. The van der Waals surface area contributed by atoms with Crippen LogP contribution in [0.4, 0.5) is 4.79 Å². The predicted molar refractivity (Wildman–Crippen MR) is 127 cm³/mol. The normalized spacial score (nSPS) is 17.8. The Morgan fingerprint density at radius 3 is 2.29 bits per heavy atom. The topological polar surface area (TPSA) is 108 Å². The summed E-state index contributed by atoms with van der Waals surface area (Å²) in [5, 5.41) is 11.4. The van der Waals surface area contributed by atoms with E-state index in [2.05, 4.69) is 10.2 Å². The Bertz CT molecular complexity index is 839. The number of carboxylic acid groups (broad SMARTS) is 1. The molecule has 2 fully saturated rings. The molecule has 9 nitrogen and oxygen atoms in total. The summed E-state index contributed by atoms with van der Waals surface area (Å²) in [7, 11) is 0. The summed E-state index contributed by atoms with van der Waals surface area (Å²) in [6.07, 6.45) is 1.62. The number of rotatable bonds is 11. The van der Waals surface area contributed by atoms with Crippen LogP contribution in [0.15, 0.2) is 24.3 Å². The average molecular weight is 476 g/mol. The number of ketones is 1. The van der Waals surface area contributed by atoms with E-state index in [-0.39, 0.29) is 24.2 Å². The predicted octanol–water partition coefficient (Wildman–Crippen LogP) is 2.64. The van der Waals surface area contributed by atoms with Crippen molar-refractivity contribution in [2.45, 2.75) is 51.7 Å². The molecule has 188 valence electrons. The van der Waals surface area contributed by atoms with Gasteiger partial charge in [-0.1, -0.05) is 0 Å². The zero-order valence-corrected chi connectivity index (χ0v) is 20.4. The standard InChI is InChI=1S/C25H37N3O6/c1-25(2,3)34-17-21(26-24(31)32)23(30)28-14-12-27(13-15-28)11-4-16-33-20-9-7-19(8-10-20)22(29)18-5-6-18/h7-10,18,21,26H,4-6,11-17H2,1-3H3,(H,31,32)/t21-/m1/s1. The number of nitrogens with one attached hydrogen (secondary N) is 1. The number of hydrogen-bond acceptors (Lipinski definition) is 6. The molecular formula is C25H37N3O6. The van der Waals surface area contributed by atoms with Crippen LogP contribution in [0.25, 0.3) is 0 Å². The Morgan fingerprint density at radius 2 is 1.74 bits per heavy atom. The number of piperazine rings is 1. The number of nitrogens with zero attached hydrogens (tertiary/aromatic N) is 2. The monoisotopic (exact) mass is 475 g/mol. The Balaban J connectivity index is 1.35. The van der Waals surface area contributed by atoms with Crippen molar-refractivity contribution in [2.24, 2.45) is 5.92 Å². The van der Waals surface area contributed by atoms with Gasteiger partial charge in [0.05, 0.1) is 18.8 Å². The summed E-state index contributed by atoms with van der Waals surface area (Å²) in [4.78, 5) is 40.0. The molecule has 2 amide bonds. The van der Waals surface area contributed by atoms with E-state index in [9.17, 15) is 14.4 Å². The molecule has 2 aliphatic rings. The number of carbonyl (C=O) groups is 3. The van der Waals surface area contributed by atoms with Crippen molar-refractivity contribution in [3.05, 3.63) is 29.8 Å². The van der Waals surface area contributed by atoms with Gasteiger partial charge in [-0.15, -0.1) is 0 Å². The largest absolute Gasteiger partial charge is 0.494 e. The van der Waals surface area contributed by atoms with Gasteiger partial charge in [-0.2, -0.15) is 0 Å². The van der Waals surface area contributed by atoms with Crippen LogP contribution < -0.4 is 10.1 Å². The van der Waals surface area contributed by atoms with Gasteiger partial charge in [-0.3, -0.25) is 14.5 Å². The fraction of sp³-hybridized carbons (Fsp3) is 0.640. The average Bonchev–Trinajstić information content (AvgIpc) is 3.64. The summed E-state index contributed by atoms with van der Waals surface area (Å²) in [5.41, 5.74) is 0.295. The lowest BCUT2D eigenvalue weighted by atomic mass is 10.1. The van der Waals surface area contributed by atoms with Crippen LogP contribution in [0.3, 0.4) is 0 Å². The molecule has 2 N–H and O–H groups in total. The van der Waals surface area contributed by atoms with E-state index in [1.165, 1.54) is 0 Å². The van der Waals surface area contributed by atoms with Gasteiger partial charge in [0.15, 0.2) is 5.78 Å². The first-order chi connectivity index (χ1) is 16.1. The van der Waals surface area contributed by atoms with Gasteiger partial charge in [-0.25, -0.2) is 4.79 Å². The molecule has 0 bridgehead atoms. The Hall–Kier alpha value is -2.65. The maximum absolute atomic E-state index is 12.8. The highest BCUT2D eigenvalue weighted by molar-refractivity contribution is 5.99. The molecule has 0 radical (unpaired) electrons. The van der Waals surface area contributed by atoms with Crippen LogP contribution in [0.5, 0.6) is 5.75 Å². The van der Waals surface area contributed by atoms with Gasteiger partial charge < -0.3 is 24.8 Å².